The standard InChI is InChI=1S/C17H15N3O4S2/c1-24-9-8-19-14-6-4-12(20(22)23)11-15(14)26-17(19)18-16(21)7-5-13-3-2-10-25-13/h2-7,10-11H,8-9H2,1H3/b7-5+,18-17?. The molecule has 3 aromatic rings. The molecule has 1 amide bonds. The smallest absolute Gasteiger partial charge is 0.272 e. The van der Waals surface area contributed by atoms with Gasteiger partial charge in [-0.15, -0.1) is 11.3 Å². The molecule has 3 rings (SSSR count). The highest BCUT2D eigenvalue weighted by Crippen LogP contribution is 2.23. The molecule has 0 atom stereocenters. The van der Waals surface area contributed by atoms with Gasteiger partial charge in [-0.1, -0.05) is 17.4 Å². The zero-order valence-electron chi connectivity index (χ0n) is 13.8. The van der Waals surface area contributed by atoms with Gasteiger partial charge in [0.05, 0.1) is 21.7 Å². The summed E-state index contributed by atoms with van der Waals surface area (Å²) in [4.78, 5) is 28.3. The number of nitro benzene ring substituents is 1. The molecule has 0 saturated heterocycles. The minimum absolute atomic E-state index is 0.00751. The van der Waals surface area contributed by atoms with Gasteiger partial charge in [-0.2, -0.15) is 4.99 Å². The molecule has 134 valence electrons. The highest BCUT2D eigenvalue weighted by Gasteiger charge is 2.12. The predicted molar refractivity (Wildman–Crippen MR) is 102 cm³/mol. The molecule has 0 spiro atoms. The lowest BCUT2D eigenvalue weighted by Gasteiger charge is -2.03. The maximum atomic E-state index is 12.2. The number of nitrogens with zero attached hydrogens (tertiary/aromatic N) is 3. The van der Waals surface area contributed by atoms with E-state index in [9.17, 15) is 14.9 Å². The number of non-ortho nitro benzene ring substituents is 1. The maximum Gasteiger partial charge on any atom is 0.272 e. The Labute approximate surface area is 156 Å². The summed E-state index contributed by atoms with van der Waals surface area (Å²) in [5.41, 5.74) is 0.791. The Morgan fingerprint density at radius 1 is 1.42 bits per heavy atom. The van der Waals surface area contributed by atoms with Crippen LogP contribution in [0.25, 0.3) is 16.3 Å². The monoisotopic (exact) mass is 389 g/mol. The van der Waals surface area contributed by atoms with Crippen molar-refractivity contribution in [2.75, 3.05) is 13.7 Å². The third kappa shape index (κ3) is 4.13. The summed E-state index contributed by atoms with van der Waals surface area (Å²) in [5, 5.41) is 12.9. The molecule has 0 radical (unpaired) electrons. The van der Waals surface area contributed by atoms with Crippen LogP contribution in [0.5, 0.6) is 0 Å². The zero-order valence-corrected chi connectivity index (χ0v) is 15.5. The summed E-state index contributed by atoms with van der Waals surface area (Å²) in [5.74, 6) is -0.384. The van der Waals surface area contributed by atoms with Crippen LogP contribution in [-0.2, 0) is 16.1 Å². The summed E-state index contributed by atoms with van der Waals surface area (Å²) < 4.78 is 7.65. The highest BCUT2D eigenvalue weighted by molar-refractivity contribution is 7.16. The van der Waals surface area contributed by atoms with Crippen molar-refractivity contribution in [2.45, 2.75) is 6.54 Å². The lowest BCUT2D eigenvalue weighted by atomic mass is 10.3. The Bertz CT molecular complexity index is 1030. The molecule has 0 aliphatic carbocycles. The number of benzene rings is 1. The average Bonchev–Trinajstić information content (AvgIpc) is 3.25. The van der Waals surface area contributed by atoms with E-state index < -0.39 is 4.92 Å². The molecule has 26 heavy (non-hydrogen) atoms. The van der Waals surface area contributed by atoms with Gasteiger partial charge in [-0.3, -0.25) is 14.9 Å². The molecule has 0 bridgehead atoms. The molecule has 2 aromatic heterocycles. The summed E-state index contributed by atoms with van der Waals surface area (Å²) >= 11 is 2.77. The number of rotatable bonds is 6. The third-order valence-corrected chi connectivity index (χ3v) is 5.41. The minimum atomic E-state index is -0.440. The normalized spacial score (nSPS) is 12.3. The fourth-order valence-electron chi connectivity index (χ4n) is 2.33. The molecule has 9 heteroatoms. The molecule has 1 aromatic carbocycles. The van der Waals surface area contributed by atoms with Crippen LogP contribution in [0.15, 0.2) is 46.8 Å². The van der Waals surface area contributed by atoms with Crippen LogP contribution in [0, 0.1) is 10.1 Å². The van der Waals surface area contributed by atoms with Crippen molar-refractivity contribution in [1.82, 2.24) is 4.57 Å². The van der Waals surface area contributed by atoms with Crippen LogP contribution in [0.3, 0.4) is 0 Å². The van der Waals surface area contributed by atoms with Gasteiger partial charge in [0.2, 0.25) is 0 Å². The molecule has 0 unspecified atom stereocenters. The zero-order chi connectivity index (χ0) is 18.5. The van der Waals surface area contributed by atoms with Crippen molar-refractivity contribution in [1.29, 1.82) is 0 Å². The van der Waals surface area contributed by atoms with Gasteiger partial charge in [0, 0.05) is 36.7 Å². The van der Waals surface area contributed by atoms with E-state index in [0.717, 1.165) is 10.4 Å². The molecule has 0 aliphatic rings. The number of amides is 1. The summed E-state index contributed by atoms with van der Waals surface area (Å²) in [6, 6.07) is 8.43. The summed E-state index contributed by atoms with van der Waals surface area (Å²) in [6.45, 7) is 0.935. The number of thiazole rings is 1. The Hall–Kier alpha value is -2.62. The fourth-order valence-corrected chi connectivity index (χ4v) is 4.04. The van der Waals surface area contributed by atoms with Crippen molar-refractivity contribution in [3.8, 4) is 0 Å². The molecular weight excluding hydrogens is 374 g/mol. The summed E-state index contributed by atoms with van der Waals surface area (Å²) in [6.07, 6.45) is 3.13. The lowest BCUT2D eigenvalue weighted by Crippen LogP contribution is -2.18. The van der Waals surface area contributed by atoms with Gasteiger partial charge in [0.15, 0.2) is 4.80 Å². The Balaban J connectivity index is 2.01. The van der Waals surface area contributed by atoms with Gasteiger partial charge in [-0.25, -0.2) is 0 Å². The molecule has 2 heterocycles. The number of hydrogen-bond donors (Lipinski definition) is 0. The number of ether oxygens (including phenoxy) is 1. The summed E-state index contributed by atoms with van der Waals surface area (Å²) in [7, 11) is 1.59. The molecule has 0 aliphatic heterocycles. The van der Waals surface area contributed by atoms with E-state index >= 15 is 0 Å². The first-order valence-corrected chi connectivity index (χ1v) is 9.35. The Morgan fingerprint density at radius 3 is 2.96 bits per heavy atom. The number of aromatic nitrogens is 1. The van der Waals surface area contributed by atoms with Crippen molar-refractivity contribution in [3.63, 3.8) is 0 Å². The van der Waals surface area contributed by atoms with Gasteiger partial charge in [0.1, 0.15) is 0 Å². The van der Waals surface area contributed by atoms with Crippen molar-refractivity contribution >= 4 is 50.6 Å². The highest BCUT2D eigenvalue weighted by atomic mass is 32.1. The number of methoxy groups -OCH3 is 1. The van der Waals surface area contributed by atoms with Gasteiger partial charge in [0.25, 0.3) is 11.6 Å². The molecule has 0 fully saturated rings. The third-order valence-electron chi connectivity index (χ3n) is 3.54. The van der Waals surface area contributed by atoms with Crippen LogP contribution < -0.4 is 4.80 Å². The molecule has 0 saturated carbocycles. The SMILES string of the molecule is COCCn1c(=NC(=O)/C=C/c2cccs2)sc2cc([N+](=O)[O-])ccc21. The quantitative estimate of drug-likeness (QED) is 0.367. The average molecular weight is 389 g/mol. The number of nitro groups is 1. The number of carbonyl (C=O) groups excluding carboxylic acids is 1. The van der Waals surface area contributed by atoms with Gasteiger partial charge >= 0.3 is 0 Å². The lowest BCUT2D eigenvalue weighted by molar-refractivity contribution is -0.384. The van der Waals surface area contributed by atoms with Crippen LogP contribution >= 0.6 is 22.7 Å². The first kappa shape index (κ1) is 18.2. The van der Waals surface area contributed by atoms with E-state index in [1.54, 1.807) is 19.3 Å². The molecule has 7 nitrogen and oxygen atoms in total. The van der Waals surface area contributed by atoms with Crippen LogP contribution in [0.4, 0.5) is 5.69 Å². The van der Waals surface area contributed by atoms with Crippen molar-refractivity contribution < 1.29 is 14.5 Å². The first-order valence-electron chi connectivity index (χ1n) is 7.65. The van der Waals surface area contributed by atoms with Crippen molar-refractivity contribution in [2.24, 2.45) is 4.99 Å². The topological polar surface area (TPSA) is 86.7 Å². The van der Waals surface area contributed by atoms with E-state index in [0.29, 0.717) is 22.7 Å². The fraction of sp³-hybridized carbons (Fsp3) is 0.176. The van der Waals surface area contributed by atoms with E-state index in [-0.39, 0.29) is 11.6 Å². The largest absolute Gasteiger partial charge is 0.383 e. The number of thiophene rings is 1. The Morgan fingerprint density at radius 2 is 2.27 bits per heavy atom. The van der Waals surface area contributed by atoms with E-state index in [4.69, 9.17) is 4.74 Å². The second-order valence-electron chi connectivity index (χ2n) is 5.24. The van der Waals surface area contributed by atoms with Gasteiger partial charge < -0.3 is 9.30 Å². The van der Waals surface area contributed by atoms with Gasteiger partial charge in [-0.05, 0) is 23.6 Å². The first-order chi connectivity index (χ1) is 12.6. The molecular formula is C17H15N3O4S2. The number of fused-ring (bicyclic) bond motifs is 1. The van der Waals surface area contributed by atoms with Crippen LogP contribution in [-0.4, -0.2) is 29.1 Å². The molecule has 0 N–H and O–H groups in total. The predicted octanol–water partition coefficient (Wildman–Crippen LogP) is 3.46. The van der Waals surface area contributed by atoms with E-state index in [1.807, 2.05) is 22.1 Å². The minimum Gasteiger partial charge on any atom is -0.383 e. The Kier molecular flexibility index (Phi) is 5.71. The van der Waals surface area contributed by atoms with Crippen molar-refractivity contribution in [3.05, 3.63) is 61.6 Å². The second-order valence-corrected chi connectivity index (χ2v) is 7.23. The van der Waals surface area contributed by atoms with Crippen LogP contribution in [0.2, 0.25) is 0 Å². The maximum absolute atomic E-state index is 12.2. The van der Waals surface area contributed by atoms with E-state index in [2.05, 4.69) is 4.99 Å². The van der Waals surface area contributed by atoms with E-state index in [1.165, 1.54) is 40.9 Å². The second kappa shape index (κ2) is 8.17. The number of hydrogen-bond acceptors (Lipinski definition) is 6. The van der Waals surface area contributed by atoms with Crippen LogP contribution in [0.1, 0.15) is 4.88 Å². The number of carbonyl (C=O) groups is 1.